The number of unbranched alkanes of at least 4 members (excludes halogenated alkanes) is 10. The summed E-state index contributed by atoms with van der Waals surface area (Å²) in [6.07, 6.45) is 15.2. The van der Waals surface area contributed by atoms with E-state index < -0.39 is 10.3 Å². The fourth-order valence-electron chi connectivity index (χ4n) is 3.27. The van der Waals surface area contributed by atoms with Gasteiger partial charge in [-0.05, 0) is 30.5 Å². The number of amides is 1. The smallest absolute Gasteiger partial charge is 0.356 e. The van der Waals surface area contributed by atoms with Crippen LogP contribution in [0.4, 0.5) is 5.69 Å². The minimum atomic E-state index is -4.25. The van der Waals surface area contributed by atoms with Gasteiger partial charge < -0.3 is 5.32 Å². The van der Waals surface area contributed by atoms with Crippen molar-refractivity contribution in [3.8, 4) is 0 Å². The van der Waals surface area contributed by atoms with Crippen molar-refractivity contribution >= 4 is 21.9 Å². The van der Waals surface area contributed by atoms with Gasteiger partial charge >= 0.3 is 10.3 Å². The molecule has 6 nitrogen and oxygen atoms in total. The molecular weight excluding hydrogens is 388 g/mol. The summed E-state index contributed by atoms with van der Waals surface area (Å²) >= 11 is 0. The van der Waals surface area contributed by atoms with E-state index in [-0.39, 0.29) is 5.91 Å². The number of hydrogen-bond donors (Lipinski definition) is 3. The maximum absolute atomic E-state index is 11.9. The molecule has 1 amide bonds. The zero-order chi connectivity index (χ0) is 21.4. The van der Waals surface area contributed by atoms with Crippen LogP contribution in [0.3, 0.4) is 0 Å². The van der Waals surface area contributed by atoms with Crippen molar-refractivity contribution in [1.29, 1.82) is 0 Å². The van der Waals surface area contributed by atoms with Gasteiger partial charge in [0.05, 0.1) is 5.69 Å². The molecule has 0 aromatic heterocycles. The highest BCUT2D eigenvalue weighted by Crippen LogP contribution is 2.12. The minimum absolute atomic E-state index is 0.0885. The Kier molecular flexibility index (Phi) is 13.4. The largest absolute Gasteiger partial charge is 0.357 e. The number of rotatable bonds is 17. The average molecular weight is 427 g/mol. The molecule has 0 aliphatic carbocycles. The van der Waals surface area contributed by atoms with Crippen LogP contribution in [-0.2, 0) is 21.5 Å². The van der Waals surface area contributed by atoms with E-state index in [2.05, 4.69) is 12.2 Å². The molecule has 0 saturated carbocycles. The Morgan fingerprint density at radius 3 is 1.90 bits per heavy atom. The summed E-state index contributed by atoms with van der Waals surface area (Å²) in [5, 5.41) is 2.93. The quantitative estimate of drug-likeness (QED) is 0.234. The standard InChI is InChI=1S/C22H38N2O4S/c1-2-3-4-5-6-7-8-9-10-11-12-13-22(25)23-19-18-20-14-16-21(17-15-20)24-29(26,27)28/h14-17,24H,2-13,18-19H2,1H3,(H,23,25)(H,26,27,28). The third kappa shape index (κ3) is 15.0. The molecule has 0 fully saturated rings. The minimum Gasteiger partial charge on any atom is -0.356 e. The van der Waals surface area contributed by atoms with E-state index in [0.29, 0.717) is 25.1 Å². The molecule has 0 bridgehead atoms. The molecule has 0 atom stereocenters. The Morgan fingerprint density at radius 1 is 0.862 bits per heavy atom. The molecule has 166 valence electrons. The summed E-state index contributed by atoms with van der Waals surface area (Å²) in [5.41, 5.74) is 1.29. The fourth-order valence-corrected chi connectivity index (χ4v) is 3.71. The summed E-state index contributed by atoms with van der Waals surface area (Å²) in [5.74, 6) is 0.0885. The number of carbonyl (C=O) groups excluding carboxylic acids is 1. The van der Waals surface area contributed by atoms with E-state index in [1.54, 1.807) is 24.3 Å². The second kappa shape index (κ2) is 15.3. The van der Waals surface area contributed by atoms with E-state index >= 15 is 0 Å². The Morgan fingerprint density at radius 2 is 1.38 bits per heavy atom. The van der Waals surface area contributed by atoms with Crippen molar-refractivity contribution in [1.82, 2.24) is 5.32 Å². The molecule has 1 aromatic rings. The second-order valence-electron chi connectivity index (χ2n) is 7.66. The molecule has 0 spiro atoms. The fraction of sp³-hybridized carbons (Fsp3) is 0.682. The molecule has 0 aliphatic rings. The number of anilines is 1. The third-order valence-corrected chi connectivity index (χ3v) is 5.44. The number of nitrogens with one attached hydrogen (secondary N) is 2. The van der Waals surface area contributed by atoms with E-state index in [1.807, 2.05) is 4.72 Å². The van der Waals surface area contributed by atoms with Crippen LogP contribution in [-0.4, -0.2) is 25.4 Å². The summed E-state index contributed by atoms with van der Waals surface area (Å²) in [6, 6.07) is 6.69. The lowest BCUT2D eigenvalue weighted by Gasteiger charge is -2.07. The van der Waals surface area contributed by atoms with Crippen molar-refractivity contribution in [2.45, 2.75) is 90.4 Å². The lowest BCUT2D eigenvalue weighted by atomic mass is 10.1. The first-order valence-corrected chi connectivity index (χ1v) is 12.5. The maximum Gasteiger partial charge on any atom is 0.357 e. The van der Waals surface area contributed by atoms with Crippen LogP contribution < -0.4 is 10.0 Å². The Bertz CT molecular complexity index is 660. The third-order valence-electron chi connectivity index (χ3n) is 4.94. The van der Waals surface area contributed by atoms with Gasteiger partial charge in [0.1, 0.15) is 0 Å². The molecule has 7 heteroatoms. The van der Waals surface area contributed by atoms with Crippen LogP contribution in [0.1, 0.15) is 89.5 Å². The molecule has 0 saturated heterocycles. The van der Waals surface area contributed by atoms with E-state index in [9.17, 15) is 13.2 Å². The van der Waals surface area contributed by atoms with Gasteiger partial charge in [-0.25, -0.2) is 0 Å². The molecule has 0 radical (unpaired) electrons. The van der Waals surface area contributed by atoms with Gasteiger partial charge in [0.25, 0.3) is 0 Å². The van der Waals surface area contributed by atoms with Crippen LogP contribution in [0.15, 0.2) is 24.3 Å². The van der Waals surface area contributed by atoms with Crippen molar-refractivity contribution in [3.63, 3.8) is 0 Å². The van der Waals surface area contributed by atoms with Gasteiger partial charge in [-0.2, -0.15) is 8.42 Å². The molecular formula is C22H38N2O4S. The zero-order valence-corrected chi connectivity index (χ0v) is 18.6. The van der Waals surface area contributed by atoms with Gasteiger partial charge in [-0.1, -0.05) is 83.3 Å². The summed E-state index contributed by atoms with van der Waals surface area (Å²) in [4.78, 5) is 11.9. The van der Waals surface area contributed by atoms with Gasteiger partial charge in [-0.15, -0.1) is 0 Å². The molecule has 0 aliphatic heterocycles. The van der Waals surface area contributed by atoms with Gasteiger partial charge in [-0.3, -0.25) is 14.1 Å². The SMILES string of the molecule is CCCCCCCCCCCCCC(=O)NCCc1ccc(NS(=O)(=O)O)cc1. The first-order valence-electron chi connectivity index (χ1n) is 11.0. The van der Waals surface area contributed by atoms with Crippen LogP contribution in [0.5, 0.6) is 0 Å². The Labute approximate surface area is 176 Å². The highest BCUT2D eigenvalue weighted by molar-refractivity contribution is 7.87. The molecule has 29 heavy (non-hydrogen) atoms. The lowest BCUT2D eigenvalue weighted by Crippen LogP contribution is -2.25. The summed E-state index contributed by atoms with van der Waals surface area (Å²) in [7, 11) is -4.25. The van der Waals surface area contributed by atoms with E-state index in [0.717, 1.165) is 18.4 Å². The zero-order valence-electron chi connectivity index (χ0n) is 17.8. The topological polar surface area (TPSA) is 95.5 Å². The van der Waals surface area contributed by atoms with Crippen LogP contribution in [0, 0.1) is 0 Å². The van der Waals surface area contributed by atoms with Crippen molar-refractivity contribution in [2.24, 2.45) is 0 Å². The van der Waals surface area contributed by atoms with Crippen LogP contribution >= 0.6 is 0 Å². The monoisotopic (exact) mass is 426 g/mol. The van der Waals surface area contributed by atoms with Crippen LogP contribution in [0.25, 0.3) is 0 Å². The Balaban J connectivity index is 1.99. The lowest BCUT2D eigenvalue weighted by molar-refractivity contribution is -0.121. The molecule has 0 unspecified atom stereocenters. The summed E-state index contributed by atoms with van der Waals surface area (Å²) < 4.78 is 32.2. The number of hydrogen-bond acceptors (Lipinski definition) is 3. The first-order chi connectivity index (χ1) is 13.9. The second-order valence-corrected chi connectivity index (χ2v) is 8.81. The predicted octanol–water partition coefficient (Wildman–Crippen LogP) is 5.26. The molecule has 1 rings (SSSR count). The molecule has 1 aromatic carbocycles. The maximum atomic E-state index is 11.9. The van der Waals surface area contributed by atoms with Crippen molar-refractivity contribution < 1.29 is 17.8 Å². The van der Waals surface area contributed by atoms with Gasteiger partial charge in [0.15, 0.2) is 0 Å². The number of carbonyl (C=O) groups is 1. The predicted molar refractivity (Wildman–Crippen MR) is 119 cm³/mol. The van der Waals surface area contributed by atoms with Gasteiger partial charge in [0, 0.05) is 13.0 Å². The molecule has 3 N–H and O–H groups in total. The summed E-state index contributed by atoms with van der Waals surface area (Å²) in [6.45, 7) is 2.80. The van der Waals surface area contributed by atoms with E-state index in [4.69, 9.17) is 4.55 Å². The van der Waals surface area contributed by atoms with Crippen LogP contribution in [0.2, 0.25) is 0 Å². The van der Waals surface area contributed by atoms with Crippen molar-refractivity contribution in [3.05, 3.63) is 29.8 Å². The first kappa shape index (κ1) is 25.4. The highest BCUT2D eigenvalue weighted by atomic mass is 32.2. The average Bonchev–Trinajstić information content (AvgIpc) is 2.66. The van der Waals surface area contributed by atoms with E-state index in [1.165, 1.54) is 57.8 Å². The number of benzene rings is 1. The normalized spacial score (nSPS) is 11.4. The van der Waals surface area contributed by atoms with Crippen molar-refractivity contribution in [2.75, 3.05) is 11.3 Å². The molecule has 0 heterocycles. The van der Waals surface area contributed by atoms with Gasteiger partial charge in [0.2, 0.25) is 5.91 Å². The highest BCUT2D eigenvalue weighted by Gasteiger charge is 2.04. The Hall–Kier alpha value is -1.60.